The van der Waals surface area contributed by atoms with E-state index in [1.165, 1.54) is 12.1 Å². The number of rotatable bonds is 4. The van der Waals surface area contributed by atoms with Crippen molar-refractivity contribution < 1.29 is 13.7 Å². The van der Waals surface area contributed by atoms with Crippen LogP contribution in [-0.2, 0) is 0 Å². The Bertz CT molecular complexity index is 453. The Morgan fingerprint density at radius 3 is 2.65 bits per heavy atom. The molecule has 92 valence electrons. The number of hydrogen-bond donors (Lipinski definition) is 2. The number of nitrogens with two attached hydrogens (primary N) is 1. The molecule has 17 heavy (non-hydrogen) atoms. The van der Waals surface area contributed by atoms with Crippen LogP contribution < -0.4 is 11.1 Å². The quantitative estimate of drug-likeness (QED) is 0.626. The molecule has 0 amide bonds. The lowest BCUT2D eigenvalue weighted by molar-refractivity contribution is -0.384. The van der Waals surface area contributed by atoms with Crippen molar-refractivity contribution >= 4 is 11.4 Å². The molecule has 1 aromatic rings. The molecule has 2 atom stereocenters. The monoisotopic (exact) mass is 243 g/mol. The van der Waals surface area contributed by atoms with Gasteiger partial charge in [-0.3, -0.25) is 10.1 Å². The molecular formula is C10H11F2N3O2. The van der Waals surface area contributed by atoms with E-state index in [2.05, 4.69) is 5.32 Å². The summed E-state index contributed by atoms with van der Waals surface area (Å²) in [5, 5.41) is 13.6. The standard InChI is InChI=1S/C10H11F2N3O2/c11-10(12)5-1-2-7(9(3-5)15(16)17)14-8-4-6(8)13/h1-3,6,8,10,14H,4,13H2. The number of benzene rings is 1. The highest BCUT2D eigenvalue weighted by atomic mass is 19.3. The second-order valence-electron chi connectivity index (χ2n) is 3.98. The molecule has 7 heteroatoms. The number of nitrogens with one attached hydrogen (secondary N) is 1. The molecule has 5 nitrogen and oxygen atoms in total. The molecular weight excluding hydrogens is 232 g/mol. The van der Waals surface area contributed by atoms with Gasteiger partial charge in [0.05, 0.1) is 4.92 Å². The highest BCUT2D eigenvalue weighted by molar-refractivity contribution is 5.64. The molecule has 1 aliphatic carbocycles. The second-order valence-corrected chi connectivity index (χ2v) is 3.98. The molecule has 1 aromatic carbocycles. The minimum absolute atomic E-state index is 0.00824. The lowest BCUT2D eigenvalue weighted by atomic mass is 10.1. The number of nitro groups is 1. The lowest BCUT2D eigenvalue weighted by Crippen LogP contribution is -2.14. The topological polar surface area (TPSA) is 81.2 Å². The Balaban J connectivity index is 2.27. The summed E-state index contributed by atoms with van der Waals surface area (Å²) in [5.74, 6) is 0. The van der Waals surface area contributed by atoms with Crippen LogP contribution in [0, 0.1) is 10.1 Å². The average Bonchev–Trinajstić information content (AvgIpc) is 2.94. The minimum atomic E-state index is -2.72. The van der Waals surface area contributed by atoms with Gasteiger partial charge in [-0.05, 0) is 12.5 Å². The normalized spacial score (nSPS) is 22.6. The first-order chi connectivity index (χ1) is 7.99. The number of nitrogens with zero attached hydrogens (tertiary/aromatic N) is 1. The first-order valence-corrected chi connectivity index (χ1v) is 5.07. The molecule has 1 fully saturated rings. The van der Waals surface area contributed by atoms with Gasteiger partial charge in [0.1, 0.15) is 5.69 Å². The van der Waals surface area contributed by atoms with Crippen LogP contribution in [0.3, 0.4) is 0 Å². The maximum absolute atomic E-state index is 12.4. The summed E-state index contributed by atoms with van der Waals surface area (Å²) in [4.78, 5) is 10.1. The first-order valence-electron chi connectivity index (χ1n) is 5.07. The molecule has 0 radical (unpaired) electrons. The zero-order valence-electron chi connectivity index (χ0n) is 8.77. The highest BCUT2D eigenvalue weighted by Crippen LogP contribution is 2.33. The van der Waals surface area contributed by atoms with E-state index in [9.17, 15) is 18.9 Å². The molecule has 0 bridgehead atoms. The minimum Gasteiger partial charge on any atom is -0.375 e. The van der Waals surface area contributed by atoms with Gasteiger partial charge in [-0.2, -0.15) is 0 Å². The zero-order chi connectivity index (χ0) is 12.6. The van der Waals surface area contributed by atoms with Gasteiger partial charge >= 0.3 is 0 Å². The molecule has 0 spiro atoms. The van der Waals surface area contributed by atoms with Crippen molar-refractivity contribution in [1.29, 1.82) is 0 Å². The maximum atomic E-state index is 12.4. The molecule has 3 N–H and O–H groups in total. The van der Waals surface area contributed by atoms with E-state index in [0.717, 1.165) is 12.5 Å². The fraction of sp³-hybridized carbons (Fsp3) is 0.400. The summed E-state index contributed by atoms with van der Waals surface area (Å²) in [7, 11) is 0. The van der Waals surface area contributed by atoms with Gasteiger partial charge in [-0.25, -0.2) is 8.78 Å². The predicted octanol–water partition coefficient (Wildman–Crippen LogP) is 2.04. The smallest absolute Gasteiger partial charge is 0.292 e. The average molecular weight is 243 g/mol. The number of anilines is 1. The van der Waals surface area contributed by atoms with Crippen molar-refractivity contribution in [3.8, 4) is 0 Å². The van der Waals surface area contributed by atoms with Crippen LogP contribution in [0.1, 0.15) is 18.4 Å². The maximum Gasteiger partial charge on any atom is 0.292 e. The van der Waals surface area contributed by atoms with E-state index in [-0.39, 0.29) is 29.0 Å². The van der Waals surface area contributed by atoms with Crippen LogP contribution in [0.25, 0.3) is 0 Å². The molecule has 1 aliphatic rings. The third-order valence-electron chi connectivity index (χ3n) is 2.65. The second kappa shape index (κ2) is 4.25. The van der Waals surface area contributed by atoms with Gasteiger partial charge in [0, 0.05) is 23.7 Å². The van der Waals surface area contributed by atoms with E-state index < -0.39 is 11.3 Å². The lowest BCUT2D eigenvalue weighted by Gasteiger charge is -2.07. The molecule has 0 saturated heterocycles. The van der Waals surface area contributed by atoms with Crippen molar-refractivity contribution in [3.63, 3.8) is 0 Å². The number of halogens is 2. The van der Waals surface area contributed by atoms with E-state index >= 15 is 0 Å². The van der Waals surface area contributed by atoms with Crippen LogP contribution >= 0.6 is 0 Å². The largest absolute Gasteiger partial charge is 0.375 e. The van der Waals surface area contributed by atoms with Gasteiger partial charge < -0.3 is 11.1 Å². The summed E-state index contributed by atoms with van der Waals surface area (Å²) in [5.41, 5.74) is 5.10. The van der Waals surface area contributed by atoms with Crippen molar-refractivity contribution in [3.05, 3.63) is 33.9 Å². The fourth-order valence-corrected chi connectivity index (χ4v) is 1.54. The van der Waals surface area contributed by atoms with Crippen LogP contribution in [0.4, 0.5) is 20.2 Å². The van der Waals surface area contributed by atoms with Gasteiger partial charge in [-0.1, -0.05) is 6.07 Å². The predicted molar refractivity (Wildman–Crippen MR) is 58.1 cm³/mol. The number of nitro benzene ring substituents is 1. The zero-order valence-corrected chi connectivity index (χ0v) is 8.77. The highest BCUT2D eigenvalue weighted by Gasteiger charge is 2.34. The summed E-state index contributed by atoms with van der Waals surface area (Å²) in [6.07, 6.45) is -1.99. The molecule has 2 unspecified atom stereocenters. The molecule has 1 saturated carbocycles. The summed E-state index contributed by atoms with van der Waals surface area (Å²) < 4.78 is 24.8. The fourth-order valence-electron chi connectivity index (χ4n) is 1.54. The summed E-state index contributed by atoms with van der Waals surface area (Å²) in [6, 6.07) is 3.33. The Labute approximate surface area is 95.8 Å². The van der Waals surface area contributed by atoms with E-state index in [1.807, 2.05) is 0 Å². The van der Waals surface area contributed by atoms with E-state index in [0.29, 0.717) is 0 Å². The van der Waals surface area contributed by atoms with Crippen LogP contribution in [0.15, 0.2) is 18.2 Å². The Kier molecular flexibility index (Phi) is 2.93. The van der Waals surface area contributed by atoms with Crippen LogP contribution in [-0.4, -0.2) is 17.0 Å². The van der Waals surface area contributed by atoms with E-state index in [1.54, 1.807) is 0 Å². The summed E-state index contributed by atoms with van der Waals surface area (Å²) >= 11 is 0. The van der Waals surface area contributed by atoms with Crippen LogP contribution in [0.5, 0.6) is 0 Å². The Morgan fingerprint density at radius 2 is 2.18 bits per heavy atom. The van der Waals surface area contributed by atoms with Crippen molar-refractivity contribution in [2.45, 2.75) is 24.9 Å². The SMILES string of the molecule is NC1CC1Nc1ccc(C(F)F)cc1[N+](=O)[O-]. The first kappa shape index (κ1) is 11.7. The van der Waals surface area contributed by atoms with Crippen molar-refractivity contribution in [1.82, 2.24) is 0 Å². The Morgan fingerprint density at radius 1 is 1.53 bits per heavy atom. The third-order valence-corrected chi connectivity index (χ3v) is 2.65. The van der Waals surface area contributed by atoms with Crippen LogP contribution in [0.2, 0.25) is 0 Å². The molecule has 2 rings (SSSR count). The molecule has 0 aliphatic heterocycles. The molecule has 0 heterocycles. The van der Waals surface area contributed by atoms with Gasteiger partial charge in [0.2, 0.25) is 0 Å². The van der Waals surface area contributed by atoms with Gasteiger partial charge in [0.25, 0.3) is 12.1 Å². The third kappa shape index (κ3) is 2.50. The van der Waals surface area contributed by atoms with Gasteiger partial charge in [-0.15, -0.1) is 0 Å². The van der Waals surface area contributed by atoms with Crippen molar-refractivity contribution in [2.24, 2.45) is 5.73 Å². The van der Waals surface area contributed by atoms with Crippen molar-refractivity contribution in [2.75, 3.05) is 5.32 Å². The molecule has 0 aromatic heterocycles. The number of alkyl halides is 2. The summed E-state index contributed by atoms with van der Waals surface area (Å²) in [6.45, 7) is 0. The van der Waals surface area contributed by atoms with Gasteiger partial charge in [0.15, 0.2) is 0 Å². The number of hydrogen-bond acceptors (Lipinski definition) is 4. The Hall–Kier alpha value is -1.76. The van der Waals surface area contributed by atoms with E-state index in [4.69, 9.17) is 5.73 Å².